The van der Waals surface area contributed by atoms with E-state index in [1.165, 1.54) is 13.2 Å². The molecule has 0 bridgehead atoms. The number of fused-ring (bicyclic) bond motifs is 2. The molecular weight excluding hydrogens is 472 g/mol. The van der Waals surface area contributed by atoms with Crippen LogP contribution in [0.5, 0.6) is 11.5 Å². The molecular formula is C25H24N2O9. The predicted octanol–water partition coefficient (Wildman–Crippen LogP) is 4.66. The van der Waals surface area contributed by atoms with Crippen LogP contribution in [0.3, 0.4) is 0 Å². The van der Waals surface area contributed by atoms with Crippen molar-refractivity contribution < 1.29 is 38.0 Å². The maximum Gasteiger partial charge on any atom is 0.509 e. The first-order valence-corrected chi connectivity index (χ1v) is 11.2. The van der Waals surface area contributed by atoms with Gasteiger partial charge in [0.2, 0.25) is 18.1 Å². The van der Waals surface area contributed by atoms with Gasteiger partial charge in [0.05, 0.1) is 16.7 Å². The number of azo groups is 1. The Labute approximate surface area is 205 Å². The lowest BCUT2D eigenvalue weighted by Crippen LogP contribution is -2.62. The van der Waals surface area contributed by atoms with Crippen LogP contribution in [0.15, 0.2) is 61.9 Å². The van der Waals surface area contributed by atoms with Gasteiger partial charge in [-0.25, -0.2) is 9.59 Å². The molecule has 1 N–H and O–H groups in total. The van der Waals surface area contributed by atoms with E-state index in [4.69, 9.17) is 28.1 Å². The van der Waals surface area contributed by atoms with E-state index in [2.05, 4.69) is 10.2 Å². The third-order valence-corrected chi connectivity index (χ3v) is 6.20. The average Bonchev–Trinajstić information content (AvgIpc) is 3.22. The molecule has 2 aliphatic heterocycles. The molecule has 11 nitrogen and oxygen atoms in total. The number of hydrogen-bond acceptors (Lipinski definition) is 11. The van der Waals surface area contributed by atoms with Gasteiger partial charge in [-0.2, -0.15) is 5.11 Å². The van der Waals surface area contributed by atoms with Crippen LogP contribution in [0.1, 0.15) is 19.4 Å². The Morgan fingerprint density at radius 2 is 1.72 bits per heavy atom. The molecule has 1 unspecified atom stereocenters. The van der Waals surface area contributed by atoms with Gasteiger partial charge >= 0.3 is 11.8 Å². The SMILES string of the molecule is CO[C@@H]1[C@@H]2OC(=O)O[C@@H]2C(Oc2ccc3c(O)c(N=Nc4ccccc4)c(=O)oc3c2C)OC1(C)C. The van der Waals surface area contributed by atoms with Crippen molar-refractivity contribution in [3.63, 3.8) is 0 Å². The lowest BCUT2D eigenvalue weighted by atomic mass is 9.89. The number of ether oxygens (including phenoxy) is 5. The van der Waals surface area contributed by atoms with E-state index in [1.807, 2.05) is 6.07 Å². The lowest BCUT2D eigenvalue weighted by Gasteiger charge is -2.45. The standard InChI is InChI=1S/C25H24N2O9/c1-12-15(32-23-20-19(34-24(30)35-20)21(31-4)25(2,3)36-23)11-10-14-17(28)16(22(29)33-18(12)14)27-26-13-8-6-5-7-9-13/h5-11,19-21,23,28H,1-4H3/t19-,20+,21-,23?/m1/s1. The second-order valence-electron chi connectivity index (χ2n) is 8.97. The Hall–Kier alpha value is -3.96. The number of carbonyl (C=O) groups is 1. The van der Waals surface area contributed by atoms with E-state index < -0.39 is 42.0 Å². The number of rotatable bonds is 5. The molecule has 2 saturated heterocycles. The highest BCUT2D eigenvalue weighted by Gasteiger charge is 2.59. The Bertz CT molecular complexity index is 1400. The third kappa shape index (κ3) is 4.06. The first-order chi connectivity index (χ1) is 17.2. The average molecular weight is 496 g/mol. The minimum atomic E-state index is -1.03. The number of methoxy groups -OCH3 is 1. The Morgan fingerprint density at radius 1 is 1.00 bits per heavy atom. The van der Waals surface area contributed by atoms with Gasteiger partial charge in [0.1, 0.15) is 17.4 Å². The fourth-order valence-corrected chi connectivity index (χ4v) is 4.47. The van der Waals surface area contributed by atoms with Crippen LogP contribution in [0.2, 0.25) is 0 Å². The normalized spacial score (nSPS) is 24.9. The maximum atomic E-state index is 12.6. The molecule has 4 atom stereocenters. The van der Waals surface area contributed by atoms with Crippen molar-refractivity contribution in [2.45, 2.75) is 51.0 Å². The quantitative estimate of drug-likeness (QED) is 0.304. The molecule has 0 radical (unpaired) electrons. The molecule has 2 aromatic carbocycles. The summed E-state index contributed by atoms with van der Waals surface area (Å²) in [4.78, 5) is 24.5. The van der Waals surface area contributed by atoms with Crippen molar-refractivity contribution in [1.29, 1.82) is 0 Å². The smallest absolute Gasteiger partial charge is 0.505 e. The van der Waals surface area contributed by atoms with Crippen LogP contribution < -0.4 is 10.4 Å². The molecule has 2 aliphatic rings. The van der Waals surface area contributed by atoms with Gasteiger partial charge in [0, 0.05) is 12.7 Å². The lowest BCUT2D eigenvalue weighted by molar-refractivity contribution is -0.282. The van der Waals surface area contributed by atoms with Crippen LogP contribution in [-0.4, -0.2) is 48.6 Å². The number of nitrogens with zero attached hydrogens (tertiary/aromatic N) is 2. The minimum absolute atomic E-state index is 0.106. The van der Waals surface area contributed by atoms with Crippen LogP contribution in [0.25, 0.3) is 11.0 Å². The number of benzene rings is 2. The molecule has 3 aromatic rings. The first kappa shape index (κ1) is 23.8. The second-order valence-corrected chi connectivity index (χ2v) is 8.97. The summed E-state index contributed by atoms with van der Waals surface area (Å²) in [5.41, 5.74) is -1.02. The molecule has 0 amide bonds. The number of carbonyl (C=O) groups excluding carboxylic acids is 1. The van der Waals surface area contributed by atoms with Gasteiger partial charge in [-0.1, -0.05) is 18.2 Å². The molecule has 1 aromatic heterocycles. The monoisotopic (exact) mass is 496 g/mol. The zero-order valence-corrected chi connectivity index (χ0v) is 20.0. The largest absolute Gasteiger partial charge is 0.509 e. The van der Waals surface area contributed by atoms with Crippen molar-refractivity contribution >= 4 is 28.5 Å². The van der Waals surface area contributed by atoms with Gasteiger partial charge in [-0.15, -0.1) is 5.11 Å². The van der Waals surface area contributed by atoms with Crippen molar-refractivity contribution in [1.82, 2.24) is 0 Å². The summed E-state index contributed by atoms with van der Waals surface area (Å²) in [5.74, 6) is -0.0752. The van der Waals surface area contributed by atoms with Gasteiger partial charge in [-0.05, 0) is 45.0 Å². The Morgan fingerprint density at radius 3 is 2.44 bits per heavy atom. The Balaban J connectivity index is 1.48. The highest BCUT2D eigenvalue weighted by atomic mass is 16.8. The summed E-state index contributed by atoms with van der Waals surface area (Å²) in [6.45, 7) is 5.23. The fourth-order valence-electron chi connectivity index (χ4n) is 4.47. The number of aromatic hydroxyl groups is 1. The first-order valence-electron chi connectivity index (χ1n) is 11.2. The van der Waals surface area contributed by atoms with Crippen molar-refractivity contribution in [2.75, 3.05) is 7.11 Å². The fraction of sp³-hybridized carbons (Fsp3) is 0.360. The van der Waals surface area contributed by atoms with Gasteiger partial charge in [0.15, 0.2) is 11.9 Å². The van der Waals surface area contributed by atoms with Crippen LogP contribution in [0, 0.1) is 6.92 Å². The summed E-state index contributed by atoms with van der Waals surface area (Å²) in [6, 6.07) is 11.9. The summed E-state index contributed by atoms with van der Waals surface area (Å²) < 4.78 is 33.7. The van der Waals surface area contributed by atoms with E-state index in [9.17, 15) is 14.7 Å². The van der Waals surface area contributed by atoms with Crippen molar-refractivity contribution in [3.8, 4) is 11.5 Å². The molecule has 0 saturated carbocycles. The van der Waals surface area contributed by atoms with Gasteiger partial charge in [-0.3, -0.25) is 0 Å². The second kappa shape index (κ2) is 8.92. The van der Waals surface area contributed by atoms with Crippen molar-refractivity contribution in [2.24, 2.45) is 10.2 Å². The summed E-state index contributed by atoms with van der Waals surface area (Å²) in [6.07, 6.45) is -4.07. The molecule has 0 spiro atoms. The maximum absolute atomic E-state index is 12.6. The van der Waals surface area contributed by atoms with Crippen LogP contribution >= 0.6 is 0 Å². The van der Waals surface area contributed by atoms with Crippen molar-refractivity contribution in [3.05, 3.63) is 58.4 Å². The highest BCUT2D eigenvalue weighted by Crippen LogP contribution is 2.41. The summed E-state index contributed by atoms with van der Waals surface area (Å²) >= 11 is 0. The topological polar surface area (TPSA) is 138 Å². The van der Waals surface area contributed by atoms with E-state index in [1.54, 1.807) is 51.1 Å². The van der Waals surface area contributed by atoms with E-state index in [0.29, 0.717) is 17.0 Å². The zero-order chi connectivity index (χ0) is 25.6. The third-order valence-electron chi connectivity index (χ3n) is 6.20. The predicted molar refractivity (Wildman–Crippen MR) is 125 cm³/mol. The molecule has 2 fully saturated rings. The van der Waals surface area contributed by atoms with E-state index in [-0.39, 0.29) is 22.4 Å². The minimum Gasteiger partial charge on any atom is -0.505 e. The van der Waals surface area contributed by atoms with E-state index in [0.717, 1.165) is 0 Å². The number of aryl methyl sites for hydroxylation is 1. The molecule has 5 rings (SSSR count). The summed E-state index contributed by atoms with van der Waals surface area (Å²) in [7, 11) is 1.50. The number of hydrogen-bond donors (Lipinski definition) is 1. The van der Waals surface area contributed by atoms with Crippen LogP contribution in [-0.2, 0) is 18.9 Å². The molecule has 188 valence electrons. The molecule has 11 heteroatoms. The van der Waals surface area contributed by atoms with Gasteiger partial charge in [0.25, 0.3) is 0 Å². The van der Waals surface area contributed by atoms with Crippen LogP contribution in [0.4, 0.5) is 16.2 Å². The summed E-state index contributed by atoms with van der Waals surface area (Å²) in [5, 5.41) is 18.9. The molecule has 36 heavy (non-hydrogen) atoms. The molecule has 3 heterocycles. The Kier molecular flexibility index (Phi) is 5.89. The van der Waals surface area contributed by atoms with E-state index >= 15 is 0 Å². The zero-order valence-electron chi connectivity index (χ0n) is 20.0. The molecule has 0 aliphatic carbocycles. The highest BCUT2D eigenvalue weighted by molar-refractivity contribution is 5.90. The van der Waals surface area contributed by atoms with Gasteiger partial charge < -0.3 is 33.2 Å².